The van der Waals surface area contributed by atoms with Crippen LogP contribution in [-0.2, 0) is 14.8 Å². The molecule has 26 heavy (non-hydrogen) atoms. The highest BCUT2D eigenvalue weighted by Crippen LogP contribution is 2.29. The standard InChI is InChI=1S/C18H21N3O4S/c1-13-10-15(5-6-16(13)18(22)25-2)26(23,24)21-9-8-20-12-17(21)14-4-3-7-19-11-14/h3-7,10-11,17,20H,8-9,12H2,1-2H3. The number of rotatable bonds is 4. The molecule has 1 aliphatic heterocycles. The number of carbonyl (C=O) groups excluding carboxylic acids is 1. The van der Waals surface area contributed by atoms with Crippen molar-refractivity contribution in [3.8, 4) is 0 Å². The summed E-state index contributed by atoms with van der Waals surface area (Å²) in [6.07, 6.45) is 3.35. The van der Waals surface area contributed by atoms with Crippen molar-refractivity contribution in [3.63, 3.8) is 0 Å². The molecule has 0 saturated carbocycles. The normalized spacial score (nSPS) is 18.5. The third-order valence-corrected chi connectivity index (χ3v) is 6.38. The smallest absolute Gasteiger partial charge is 0.338 e. The second kappa shape index (κ2) is 7.53. The van der Waals surface area contributed by atoms with Crippen molar-refractivity contribution < 1.29 is 17.9 Å². The van der Waals surface area contributed by atoms with Gasteiger partial charge >= 0.3 is 5.97 Å². The Kier molecular flexibility index (Phi) is 5.36. The molecule has 3 rings (SSSR count). The summed E-state index contributed by atoms with van der Waals surface area (Å²) in [4.78, 5) is 16.0. The molecule has 1 atom stereocenters. The summed E-state index contributed by atoms with van der Waals surface area (Å²) >= 11 is 0. The van der Waals surface area contributed by atoms with Crippen LogP contribution in [0, 0.1) is 6.92 Å². The van der Waals surface area contributed by atoms with E-state index in [9.17, 15) is 13.2 Å². The van der Waals surface area contributed by atoms with Crippen molar-refractivity contribution in [1.29, 1.82) is 0 Å². The Morgan fingerprint density at radius 3 is 2.81 bits per heavy atom. The number of aryl methyl sites for hydroxylation is 1. The Labute approximate surface area is 153 Å². The van der Waals surface area contributed by atoms with Gasteiger partial charge in [-0.1, -0.05) is 6.07 Å². The van der Waals surface area contributed by atoms with Crippen LogP contribution in [0.1, 0.15) is 27.5 Å². The summed E-state index contributed by atoms with van der Waals surface area (Å²) in [6, 6.07) is 7.81. The molecule has 0 amide bonds. The molecule has 0 radical (unpaired) electrons. The zero-order chi connectivity index (χ0) is 18.7. The SMILES string of the molecule is COC(=O)c1ccc(S(=O)(=O)N2CCNCC2c2cccnc2)cc1C. The molecule has 0 bridgehead atoms. The van der Waals surface area contributed by atoms with E-state index in [-0.39, 0.29) is 10.9 Å². The zero-order valence-electron chi connectivity index (χ0n) is 14.7. The number of pyridine rings is 1. The molecule has 1 fully saturated rings. The lowest BCUT2D eigenvalue weighted by molar-refractivity contribution is 0.0600. The minimum Gasteiger partial charge on any atom is -0.465 e. The molecular formula is C18H21N3O4S. The van der Waals surface area contributed by atoms with Gasteiger partial charge in [-0.05, 0) is 42.3 Å². The van der Waals surface area contributed by atoms with Gasteiger partial charge < -0.3 is 10.1 Å². The first-order valence-corrected chi connectivity index (χ1v) is 9.70. The Bertz CT molecular complexity index is 900. The first-order valence-electron chi connectivity index (χ1n) is 8.26. The summed E-state index contributed by atoms with van der Waals surface area (Å²) < 4.78 is 32.7. The Balaban J connectivity index is 1.98. The molecule has 1 saturated heterocycles. The van der Waals surface area contributed by atoms with Crippen LogP contribution in [0.25, 0.3) is 0 Å². The molecule has 1 aliphatic rings. The summed E-state index contributed by atoms with van der Waals surface area (Å²) in [7, 11) is -2.42. The van der Waals surface area contributed by atoms with Crippen molar-refractivity contribution in [3.05, 3.63) is 59.4 Å². The molecule has 1 aromatic heterocycles. The van der Waals surface area contributed by atoms with Gasteiger partial charge in [-0.3, -0.25) is 4.98 Å². The predicted molar refractivity (Wildman–Crippen MR) is 96.3 cm³/mol. The average Bonchev–Trinajstić information content (AvgIpc) is 2.68. The van der Waals surface area contributed by atoms with Gasteiger partial charge in [0.05, 0.1) is 23.6 Å². The number of piperazine rings is 1. The van der Waals surface area contributed by atoms with Crippen molar-refractivity contribution in [2.45, 2.75) is 17.9 Å². The molecule has 1 unspecified atom stereocenters. The number of benzene rings is 1. The van der Waals surface area contributed by atoms with Gasteiger partial charge in [-0.2, -0.15) is 4.31 Å². The van der Waals surface area contributed by atoms with E-state index < -0.39 is 16.0 Å². The minimum atomic E-state index is -3.72. The number of hydrogen-bond donors (Lipinski definition) is 1. The third kappa shape index (κ3) is 3.48. The number of ether oxygens (including phenoxy) is 1. The maximum absolute atomic E-state index is 13.2. The van der Waals surface area contributed by atoms with Crippen LogP contribution < -0.4 is 5.32 Å². The fourth-order valence-corrected chi connectivity index (χ4v) is 4.80. The Hall–Kier alpha value is -2.29. The molecule has 0 spiro atoms. The summed E-state index contributed by atoms with van der Waals surface area (Å²) in [5.41, 5.74) is 1.76. The molecule has 138 valence electrons. The van der Waals surface area contributed by atoms with Crippen LogP contribution in [0.15, 0.2) is 47.6 Å². The van der Waals surface area contributed by atoms with E-state index >= 15 is 0 Å². The maximum Gasteiger partial charge on any atom is 0.338 e. The lowest BCUT2D eigenvalue weighted by atomic mass is 10.1. The van der Waals surface area contributed by atoms with E-state index in [0.717, 1.165) is 5.56 Å². The van der Waals surface area contributed by atoms with Gasteiger partial charge in [0.1, 0.15) is 0 Å². The molecule has 2 heterocycles. The highest BCUT2D eigenvalue weighted by molar-refractivity contribution is 7.89. The molecular weight excluding hydrogens is 354 g/mol. The van der Waals surface area contributed by atoms with Crippen molar-refractivity contribution in [1.82, 2.24) is 14.6 Å². The van der Waals surface area contributed by atoms with Crippen LogP contribution in [-0.4, -0.2) is 50.4 Å². The fraction of sp³-hybridized carbons (Fsp3) is 0.333. The largest absolute Gasteiger partial charge is 0.465 e. The lowest BCUT2D eigenvalue weighted by Crippen LogP contribution is -2.48. The zero-order valence-corrected chi connectivity index (χ0v) is 15.5. The van der Waals surface area contributed by atoms with Crippen LogP contribution >= 0.6 is 0 Å². The van der Waals surface area contributed by atoms with Crippen LogP contribution in [0.2, 0.25) is 0 Å². The number of methoxy groups -OCH3 is 1. The lowest BCUT2D eigenvalue weighted by Gasteiger charge is -2.35. The Morgan fingerprint density at radius 1 is 1.35 bits per heavy atom. The highest BCUT2D eigenvalue weighted by atomic mass is 32.2. The van der Waals surface area contributed by atoms with E-state index in [1.807, 2.05) is 6.07 Å². The van der Waals surface area contributed by atoms with E-state index in [1.54, 1.807) is 25.4 Å². The average molecular weight is 375 g/mol. The molecule has 2 aromatic rings. The quantitative estimate of drug-likeness (QED) is 0.815. The van der Waals surface area contributed by atoms with E-state index in [2.05, 4.69) is 10.3 Å². The summed E-state index contributed by atoms with van der Waals surface area (Å²) in [5, 5.41) is 3.23. The number of carbonyl (C=O) groups is 1. The number of esters is 1. The second-order valence-corrected chi connectivity index (χ2v) is 7.98. The number of sulfonamides is 1. The van der Waals surface area contributed by atoms with Gasteiger partial charge in [0.2, 0.25) is 10.0 Å². The van der Waals surface area contributed by atoms with Gasteiger partial charge in [-0.15, -0.1) is 0 Å². The van der Waals surface area contributed by atoms with Gasteiger partial charge in [0.25, 0.3) is 0 Å². The monoisotopic (exact) mass is 375 g/mol. The fourth-order valence-electron chi connectivity index (χ4n) is 3.10. The van der Waals surface area contributed by atoms with Crippen LogP contribution in [0.5, 0.6) is 0 Å². The summed E-state index contributed by atoms with van der Waals surface area (Å²) in [6.45, 7) is 3.15. The molecule has 0 aliphatic carbocycles. The molecule has 8 heteroatoms. The van der Waals surface area contributed by atoms with Crippen LogP contribution in [0.3, 0.4) is 0 Å². The number of nitrogens with one attached hydrogen (secondary N) is 1. The van der Waals surface area contributed by atoms with Gasteiger partial charge in [0, 0.05) is 32.0 Å². The number of nitrogens with zero attached hydrogens (tertiary/aromatic N) is 2. The van der Waals surface area contributed by atoms with Gasteiger partial charge in [0.15, 0.2) is 0 Å². The number of hydrogen-bond acceptors (Lipinski definition) is 6. The van der Waals surface area contributed by atoms with Crippen molar-refractivity contribution >= 4 is 16.0 Å². The minimum absolute atomic E-state index is 0.165. The van der Waals surface area contributed by atoms with Gasteiger partial charge in [-0.25, -0.2) is 13.2 Å². The van der Waals surface area contributed by atoms with E-state index in [0.29, 0.717) is 30.8 Å². The molecule has 7 nitrogen and oxygen atoms in total. The first kappa shape index (κ1) is 18.5. The molecule has 1 N–H and O–H groups in total. The van der Waals surface area contributed by atoms with Crippen molar-refractivity contribution in [2.24, 2.45) is 0 Å². The first-order chi connectivity index (χ1) is 12.4. The Morgan fingerprint density at radius 2 is 2.15 bits per heavy atom. The van der Waals surface area contributed by atoms with E-state index in [4.69, 9.17) is 4.74 Å². The molecule has 1 aromatic carbocycles. The third-order valence-electron chi connectivity index (χ3n) is 4.47. The number of aromatic nitrogens is 1. The highest BCUT2D eigenvalue weighted by Gasteiger charge is 2.34. The topological polar surface area (TPSA) is 88.6 Å². The van der Waals surface area contributed by atoms with E-state index in [1.165, 1.54) is 29.6 Å². The summed E-state index contributed by atoms with van der Waals surface area (Å²) in [5.74, 6) is -0.484. The van der Waals surface area contributed by atoms with Crippen LogP contribution in [0.4, 0.5) is 0 Å². The second-order valence-electron chi connectivity index (χ2n) is 6.09. The maximum atomic E-state index is 13.2. The predicted octanol–water partition coefficient (Wildman–Crippen LogP) is 1.51. The van der Waals surface area contributed by atoms with Crippen molar-refractivity contribution in [2.75, 3.05) is 26.7 Å².